The molecule has 1 aromatic heterocycles. The van der Waals surface area contributed by atoms with Gasteiger partial charge < -0.3 is 4.42 Å². The number of nitrogens with zero attached hydrogens (tertiary/aromatic N) is 1. The number of aromatic nitrogens is 1. The molecule has 70 valence electrons. The Bertz CT molecular complexity index is 295. The standard InChI is InChI=1S/C11H15NO/c1-2-4-9(3-1)11-12-7-10(13-11)8-5-6-8/h7-9H,1-6H2. The van der Waals surface area contributed by atoms with Crippen molar-refractivity contribution in [2.75, 3.05) is 0 Å². The van der Waals surface area contributed by atoms with Crippen molar-refractivity contribution in [1.29, 1.82) is 0 Å². The van der Waals surface area contributed by atoms with Gasteiger partial charge in [-0.15, -0.1) is 0 Å². The van der Waals surface area contributed by atoms with Gasteiger partial charge in [-0.05, 0) is 25.7 Å². The summed E-state index contributed by atoms with van der Waals surface area (Å²) in [6, 6.07) is 0. The van der Waals surface area contributed by atoms with Crippen molar-refractivity contribution < 1.29 is 4.42 Å². The molecule has 0 spiro atoms. The van der Waals surface area contributed by atoms with Crippen LogP contribution in [0.2, 0.25) is 0 Å². The van der Waals surface area contributed by atoms with Crippen molar-refractivity contribution in [3.8, 4) is 0 Å². The molecule has 2 heteroatoms. The van der Waals surface area contributed by atoms with Gasteiger partial charge in [0.05, 0.1) is 6.20 Å². The predicted octanol–water partition coefficient (Wildman–Crippen LogP) is 3.21. The van der Waals surface area contributed by atoms with Crippen LogP contribution < -0.4 is 0 Å². The third-order valence-corrected chi connectivity index (χ3v) is 3.23. The van der Waals surface area contributed by atoms with E-state index < -0.39 is 0 Å². The van der Waals surface area contributed by atoms with E-state index in [2.05, 4.69) is 4.98 Å². The highest BCUT2D eigenvalue weighted by Crippen LogP contribution is 2.42. The van der Waals surface area contributed by atoms with Gasteiger partial charge in [-0.1, -0.05) is 12.8 Å². The molecule has 0 aliphatic heterocycles. The van der Waals surface area contributed by atoms with E-state index in [0.29, 0.717) is 11.8 Å². The molecule has 0 unspecified atom stereocenters. The van der Waals surface area contributed by atoms with Gasteiger partial charge in [-0.3, -0.25) is 0 Å². The van der Waals surface area contributed by atoms with Crippen LogP contribution >= 0.6 is 0 Å². The van der Waals surface area contributed by atoms with E-state index in [0.717, 1.165) is 11.7 Å². The van der Waals surface area contributed by atoms with Crippen LogP contribution in [0.25, 0.3) is 0 Å². The van der Waals surface area contributed by atoms with Crippen molar-refractivity contribution in [3.63, 3.8) is 0 Å². The summed E-state index contributed by atoms with van der Waals surface area (Å²) in [5.41, 5.74) is 0. The molecule has 0 atom stereocenters. The molecule has 2 saturated carbocycles. The SMILES string of the molecule is c1nc(C2CCCC2)oc1C1CC1. The lowest BCUT2D eigenvalue weighted by molar-refractivity contribution is 0.420. The zero-order valence-corrected chi connectivity index (χ0v) is 7.83. The fourth-order valence-electron chi connectivity index (χ4n) is 2.22. The molecule has 0 radical (unpaired) electrons. The molecular formula is C11H15NO. The molecule has 0 saturated heterocycles. The smallest absolute Gasteiger partial charge is 0.197 e. The van der Waals surface area contributed by atoms with E-state index in [9.17, 15) is 0 Å². The maximum absolute atomic E-state index is 5.78. The highest BCUT2D eigenvalue weighted by molar-refractivity contribution is 5.10. The van der Waals surface area contributed by atoms with Gasteiger partial charge in [-0.2, -0.15) is 0 Å². The second-order valence-corrected chi connectivity index (χ2v) is 4.36. The van der Waals surface area contributed by atoms with E-state index in [4.69, 9.17) is 4.42 Å². The van der Waals surface area contributed by atoms with Crippen LogP contribution in [-0.4, -0.2) is 4.98 Å². The Morgan fingerprint density at radius 2 is 1.85 bits per heavy atom. The molecule has 13 heavy (non-hydrogen) atoms. The Hall–Kier alpha value is -0.790. The predicted molar refractivity (Wildman–Crippen MR) is 49.7 cm³/mol. The average molecular weight is 177 g/mol. The van der Waals surface area contributed by atoms with Crippen LogP contribution in [0.15, 0.2) is 10.6 Å². The van der Waals surface area contributed by atoms with E-state index in [1.54, 1.807) is 0 Å². The third-order valence-electron chi connectivity index (χ3n) is 3.23. The monoisotopic (exact) mass is 177 g/mol. The highest BCUT2D eigenvalue weighted by atomic mass is 16.4. The first-order valence-electron chi connectivity index (χ1n) is 5.39. The van der Waals surface area contributed by atoms with Gasteiger partial charge in [0.2, 0.25) is 0 Å². The maximum Gasteiger partial charge on any atom is 0.197 e. The number of hydrogen-bond acceptors (Lipinski definition) is 2. The van der Waals surface area contributed by atoms with Crippen LogP contribution in [0.5, 0.6) is 0 Å². The first kappa shape index (κ1) is 7.60. The van der Waals surface area contributed by atoms with E-state index in [1.165, 1.54) is 38.5 Å². The highest BCUT2D eigenvalue weighted by Gasteiger charge is 2.29. The zero-order valence-electron chi connectivity index (χ0n) is 7.83. The van der Waals surface area contributed by atoms with Gasteiger partial charge in [0.15, 0.2) is 5.89 Å². The molecule has 1 aromatic rings. The minimum Gasteiger partial charge on any atom is -0.445 e. The lowest BCUT2D eigenvalue weighted by Crippen LogP contribution is -1.90. The van der Waals surface area contributed by atoms with Crippen molar-refractivity contribution in [1.82, 2.24) is 4.98 Å². The van der Waals surface area contributed by atoms with Gasteiger partial charge in [0, 0.05) is 11.8 Å². The fraction of sp³-hybridized carbons (Fsp3) is 0.727. The molecule has 3 rings (SSSR count). The minimum absolute atomic E-state index is 0.632. The molecular weight excluding hydrogens is 162 g/mol. The van der Waals surface area contributed by atoms with Gasteiger partial charge in [-0.25, -0.2) is 4.98 Å². The van der Waals surface area contributed by atoms with Crippen molar-refractivity contribution in [2.24, 2.45) is 0 Å². The lowest BCUT2D eigenvalue weighted by Gasteiger charge is -2.01. The molecule has 0 amide bonds. The third kappa shape index (κ3) is 1.38. The molecule has 1 heterocycles. The van der Waals surface area contributed by atoms with Crippen molar-refractivity contribution in [3.05, 3.63) is 17.8 Å². The van der Waals surface area contributed by atoms with Gasteiger partial charge in [0.1, 0.15) is 5.76 Å². The molecule has 2 nitrogen and oxygen atoms in total. The summed E-state index contributed by atoms with van der Waals surface area (Å²) in [6.45, 7) is 0. The summed E-state index contributed by atoms with van der Waals surface area (Å²) < 4.78 is 5.78. The molecule has 0 N–H and O–H groups in total. The van der Waals surface area contributed by atoms with E-state index >= 15 is 0 Å². The van der Waals surface area contributed by atoms with Crippen LogP contribution in [0.4, 0.5) is 0 Å². The minimum atomic E-state index is 0.632. The summed E-state index contributed by atoms with van der Waals surface area (Å²) in [7, 11) is 0. The second kappa shape index (κ2) is 2.86. The van der Waals surface area contributed by atoms with Crippen LogP contribution in [0, 0.1) is 0 Å². The summed E-state index contributed by atoms with van der Waals surface area (Å²) >= 11 is 0. The quantitative estimate of drug-likeness (QED) is 0.693. The topological polar surface area (TPSA) is 26.0 Å². The molecule has 0 bridgehead atoms. The Kier molecular flexibility index (Phi) is 1.67. The van der Waals surface area contributed by atoms with E-state index in [-0.39, 0.29) is 0 Å². The largest absolute Gasteiger partial charge is 0.445 e. The van der Waals surface area contributed by atoms with Crippen LogP contribution in [-0.2, 0) is 0 Å². The molecule has 2 aliphatic rings. The Morgan fingerprint density at radius 3 is 2.54 bits per heavy atom. The fourth-order valence-corrected chi connectivity index (χ4v) is 2.22. The summed E-state index contributed by atoms with van der Waals surface area (Å²) in [5.74, 6) is 3.50. The van der Waals surface area contributed by atoms with Gasteiger partial charge in [0.25, 0.3) is 0 Å². The second-order valence-electron chi connectivity index (χ2n) is 4.36. The van der Waals surface area contributed by atoms with E-state index in [1.807, 2.05) is 6.20 Å². The van der Waals surface area contributed by atoms with Crippen LogP contribution in [0.1, 0.15) is 62.0 Å². The first-order valence-corrected chi connectivity index (χ1v) is 5.39. The number of oxazole rings is 1. The van der Waals surface area contributed by atoms with Crippen molar-refractivity contribution in [2.45, 2.75) is 50.4 Å². The summed E-state index contributed by atoms with van der Waals surface area (Å²) in [4.78, 5) is 4.39. The Labute approximate surface area is 78.4 Å². The molecule has 0 aromatic carbocycles. The Morgan fingerprint density at radius 1 is 1.08 bits per heavy atom. The average Bonchev–Trinajstić information content (AvgIpc) is 2.72. The molecule has 2 fully saturated rings. The normalized spacial score (nSPS) is 24.0. The first-order chi connectivity index (χ1) is 6.43. The lowest BCUT2D eigenvalue weighted by atomic mass is 10.1. The maximum atomic E-state index is 5.78. The Balaban J connectivity index is 1.79. The summed E-state index contributed by atoms with van der Waals surface area (Å²) in [6.07, 6.45) is 9.83. The molecule has 2 aliphatic carbocycles. The zero-order chi connectivity index (χ0) is 8.67. The van der Waals surface area contributed by atoms with Crippen molar-refractivity contribution >= 4 is 0 Å². The number of rotatable bonds is 2. The van der Waals surface area contributed by atoms with Crippen LogP contribution in [0.3, 0.4) is 0 Å². The summed E-state index contributed by atoms with van der Waals surface area (Å²) in [5, 5.41) is 0. The number of hydrogen-bond donors (Lipinski definition) is 0. The van der Waals surface area contributed by atoms with Gasteiger partial charge >= 0.3 is 0 Å².